The Kier molecular flexibility index (Phi) is 5.06. The zero-order chi connectivity index (χ0) is 19.4. The molecule has 1 amide bonds. The van der Waals surface area contributed by atoms with Crippen LogP contribution in [0.25, 0.3) is 11.3 Å². The minimum absolute atomic E-state index is 0.0801. The standard InChI is InChI=1S/C17H12F2N4O4/c18-17(19)27-13-6-2-4-11(8-13)16(24)20-15-9-14(21-22-15)10-3-1-5-12(7-10)23(25)26/h1-9,17H,(H2,20,21,22,24). The smallest absolute Gasteiger partial charge is 0.387 e. The molecular weight excluding hydrogens is 362 g/mol. The average Bonchev–Trinajstić information content (AvgIpc) is 3.10. The van der Waals surface area contributed by atoms with Gasteiger partial charge < -0.3 is 10.1 Å². The number of aromatic amines is 1. The van der Waals surface area contributed by atoms with E-state index in [1.807, 2.05) is 0 Å². The molecule has 8 nitrogen and oxygen atoms in total. The van der Waals surface area contributed by atoms with Crippen molar-refractivity contribution >= 4 is 17.4 Å². The first-order valence-corrected chi connectivity index (χ1v) is 7.59. The van der Waals surface area contributed by atoms with Gasteiger partial charge in [0.25, 0.3) is 11.6 Å². The van der Waals surface area contributed by atoms with E-state index in [4.69, 9.17) is 0 Å². The van der Waals surface area contributed by atoms with E-state index >= 15 is 0 Å². The number of rotatable bonds is 6. The molecule has 0 spiro atoms. The van der Waals surface area contributed by atoms with E-state index in [2.05, 4.69) is 20.3 Å². The minimum atomic E-state index is -2.99. The third kappa shape index (κ3) is 4.42. The third-order valence-corrected chi connectivity index (χ3v) is 3.51. The van der Waals surface area contributed by atoms with Gasteiger partial charge >= 0.3 is 6.61 Å². The number of ether oxygens (including phenoxy) is 1. The van der Waals surface area contributed by atoms with Crippen molar-refractivity contribution in [2.75, 3.05) is 5.32 Å². The van der Waals surface area contributed by atoms with Crippen LogP contribution in [0.5, 0.6) is 5.75 Å². The lowest BCUT2D eigenvalue weighted by atomic mass is 10.1. The Morgan fingerprint density at radius 1 is 1.19 bits per heavy atom. The molecule has 10 heteroatoms. The lowest BCUT2D eigenvalue weighted by Crippen LogP contribution is -2.12. The highest BCUT2D eigenvalue weighted by molar-refractivity contribution is 6.04. The van der Waals surface area contributed by atoms with Crippen molar-refractivity contribution in [3.8, 4) is 17.0 Å². The number of nitro groups is 1. The number of carbonyl (C=O) groups excluding carboxylic acids is 1. The lowest BCUT2D eigenvalue weighted by molar-refractivity contribution is -0.384. The Bertz CT molecular complexity index is 990. The largest absolute Gasteiger partial charge is 0.435 e. The van der Waals surface area contributed by atoms with E-state index in [1.165, 1.54) is 48.5 Å². The molecule has 0 radical (unpaired) electrons. The molecule has 0 aliphatic heterocycles. The molecular formula is C17H12F2N4O4. The molecule has 1 aromatic heterocycles. The number of anilines is 1. The number of nitrogens with zero attached hydrogens (tertiary/aromatic N) is 2. The Hall–Kier alpha value is -3.82. The van der Waals surface area contributed by atoms with E-state index in [-0.39, 0.29) is 22.8 Å². The number of H-pyrrole nitrogens is 1. The van der Waals surface area contributed by atoms with Crippen molar-refractivity contribution < 1.29 is 23.2 Å². The summed E-state index contributed by atoms with van der Waals surface area (Å²) in [6.07, 6.45) is 0. The number of hydrogen-bond acceptors (Lipinski definition) is 5. The van der Waals surface area contributed by atoms with Crippen LogP contribution in [0.1, 0.15) is 10.4 Å². The van der Waals surface area contributed by atoms with Crippen molar-refractivity contribution in [2.45, 2.75) is 6.61 Å². The molecule has 2 N–H and O–H groups in total. The Morgan fingerprint density at radius 3 is 2.70 bits per heavy atom. The third-order valence-electron chi connectivity index (χ3n) is 3.51. The molecule has 2 aromatic carbocycles. The van der Waals surface area contributed by atoms with E-state index in [0.717, 1.165) is 0 Å². The number of alkyl halides is 2. The predicted octanol–water partition coefficient (Wildman–Crippen LogP) is 3.84. The van der Waals surface area contributed by atoms with E-state index in [0.29, 0.717) is 11.3 Å². The van der Waals surface area contributed by atoms with Gasteiger partial charge in [0, 0.05) is 29.3 Å². The number of nitrogens with one attached hydrogen (secondary N) is 2. The number of halogens is 2. The first-order valence-electron chi connectivity index (χ1n) is 7.59. The van der Waals surface area contributed by atoms with Gasteiger partial charge in [-0.3, -0.25) is 20.0 Å². The molecule has 138 valence electrons. The summed E-state index contributed by atoms with van der Waals surface area (Å²) < 4.78 is 28.8. The minimum Gasteiger partial charge on any atom is -0.435 e. The van der Waals surface area contributed by atoms with Crippen LogP contribution in [0.15, 0.2) is 54.6 Å². The summed E-state index contributed by atoms with van der Waals surface area (Å²) in [5.74, 6) is -0.551. The summed E-state index contributed by atoms with van der Waals surface area (Å²) in [6.45, 7) is -2.99. The van der Waals surface area contributed by atoms with Gasteiger partial charge in [-0.05, 0) is 18.2 Å². The van der Waals surface area contributed by atoms with Crippen LogP contribution in [0.2, 0.25) is 0 Å². The van der Waals surface area contributed by atoms with Gasteiger partial charge in [-0.25, -0.2) is 0 Å². The van der Waals surface area contributed by atoms with E-state index < -0.39 is 17.4 Å². The number of benzene rings is 2. The molecule has 27 heavy (non-hydrogen) atoms. The first-order chi connectivity index (χ1) is 12.9. The van der Waals surface area contributed by atoms with Crippen LogP contribution in [-0.4, -0.2) is 27.6 Å². The van der Waals surface area contributed by atoms with Crippen LogP contribution in [0.3, 0.4) is 0 Å². The summed E-state index contributed by atoms with van der Waals surface area (Å²) in [7, 11) is 0. The van der Waals surface area contributed by atoms with Crippen LogP contribution in [0.4, 0.5) is 20.3 Å². The fourth-order valence-electron chi connectivity index (χ4n) is 2.32. The highest BCUT2D eigenvalue weighted by Crippen LogP contribution is 2.24. The Balaban J connectivity index is 1.75. The second-order valence-corrected chi connectivity index (χ2v) is 5.33. The first kappa shape index (κ1) is 18.0. The van der Waals surface area contributed by atoms with Crippen molar-refractivity contribution in [3.63, 3.8) is 0 Å². The number of aromatic nitrogens is 2. The van der Waals surface area contributed by atoms with Crippen molar-refractivity contribution in [2.24, 2.45) is 0 Å². The fourth-order valence-corrected chi connectivity index (χ4v) is 2.32. The quantitative estimate of drug-likeness (QED) is 0.503. The zero-order valence-electron chi connectivity index (χ0n) is 13.6. The lowest BCUT2D eigenvalue weighted by Gasteiger charge is -2.06. The summed E-state index contributed by atoms with van der Waals surface area (Å²) in [4.78, 5) is 22.6. The zero-order valence-corrected chi connectivity index (χ0v) is 13.6. The van der Waals surface area contributed by atoms with Crippen LogP contribution in [-0.2, 0) is 0 Å². The van der Waals surface area contributed by atoms with Gasteiger partial charge in [-0.2, -0.15) is 13.9 Å². The molecule has 0 fully saturated rings. The van der Waals surface area contributed by atoms with E-state index in [9.17, 15) is 23.7 Å². The maximum atomic E-state index is 12.3. The molecule has 3 rings (SSSR count). The average molecular weight is 374 g/mol. The number of amides is 1. The summed E-state index contributed by atoms with van der Waals surface area (Å²) in [6, 6.07) is 12.7. The number of hydrogen-bond donors (Lipinski definition) is 2. The second-order valence-electron chi connectivity index (χ2n) is 5.33. The SMILES string of the molecule is O=C(Nc1cc(-c2cccc([N+](=O)[O-])c2)[nH]n1)c1cccc(OC(F)F)c1. The normalized spacial score (nSPS) is 10.6. The van der Waals surface area contributed by atoms with Crippen molar-refractivity contribution in [3.05, 3.63) is 70.3 Å². The number of non-ortho nitro benzene ring substituents is 1. The second kappa shape index (κ2) is 7.60. The van der Waals surface area contributed by atoms with Gasteiger partial charge in [-0.1, -0.05) is 18.2 Å². The van der Waals surface area contributed by atoms with Crippen molar-refractivity contribution in [1.82, 2.24) is 10.2 Å². The van der Waals surface area contributed by atoms with Crippen LogP contribution in [0, 0.1) is 10.1 Å². The van der Waals surface area contributed by atoms with Gasteiger partial charge in [-0.15, -0.1) is 0 Å². The van der Waals surface area contributed by atoms with Gasteiger partial charge in [0.15, 0.2) is 5.82 Å². The van der Waals surface area contributed by atoms with E-state index in [1.54, 1.807) is 6.07 Å². The highest BCUT2D eigenvalue weighted by Gasteiger charge is 2.13. The van der Waals surface area contributed by atoms with Crippen LogP contribution >= 0.6 is 0 Å². The topological polar surface area (TPSA) is 110 Å². The predicted molar refractivity (Wildman–Crippen MR) is 91.7 cm³/mol. The van der Waals surface area contributed by atoms with Gasteiger partial charge in [0.05, 0.1) is 10.6 Å². The van der Waals surface area contributed by atoms with Crippen molar-refractivity contribution in [1.29, 1.82) is 0 Å². The Morgan fingerprint density at radius 2 is 1.96 bits per heavy atom. The molecule has 1 heterocycles. The van der Waals surface area contributed by atoms with Gasteiger partial charge in [0.1, 0.15) is 5.75 Å². The van der Waals surface area contributed by atoms with Gasteiger partial charge in [0.2, 0.25) is 0 Å². The maximum absolute atomic E-state index is 12.3. The molecule has 0 atom stereocenters. The fraction of sp³-hybridized carbons (Fsp3) is 0.0588. The molecule has 3 aromatic rings. The summed E-state index contributed by atoms with van der Waals surface area (Å²) in [5.41, 5.74) is 1.00. The molecule has 0 saturated heterocycles. The van der Waals surface area contributed by atoms with Crippen LogP contribution < -0.4 is 10.1 Å². The molecule has 0 saturated carbocycles. The molecule has 0 unspecified atom stereocenters. The monoisotopic (exact) mass is 374 g/mol. The number of carbonyl (C=O) groups is 1. The summed E-state index contributed by atoms with van der Waals surface area (Å²) in [5, 5.41) is 20.0. The number of nitro benzene ring substituents is 1. The molecule has 0 bridgehead atoms. The highest BCUT2D eigenvalue weighted by atomic mass is 19.3. The Labute approximate surface area is 150 Å². The molecule has 0 aliphatic rings. The summed E-state index contributed by atoms with van der Waals surface area (Å²) >= 11 is 0. The molecule has 0 aliphatic carbocycles. The maximum Gasteiger partial charge on any atom is 0.387 e.